The van der Waals surface area contributed by atoms with E-state index in [2.05, 4.69) is 78.9 Å². The Balaban J connectivity index is 1.59. The van der Waals surface area contributed by atoms with E-state index in [0.717, 1.165) is 11.3 Å². The minimum absolute atomic E-state index is 0.147. The van der Waals surface area contributed by atoms with Crippen LogP contribution < -0.4 is 5.30 Å². The summed E-state index contributed by atoms with van der Waals surface area (Å²) in [7, 11) is -0.147. The highest BCUT2D eigenvalue weighted by Crippen LogP contribution is 2.56. The molecule has 4 aromatic rings. The fourth-order valence-corrected chi connectivity index (χ4v) is 10.6. The van der Waals surface area contributed by atoms with Crippen LogP contribution >= 0.6 is 7.92 Å². The minimum atomic E-state index is -0.147. The molecule has 0 aromatic heterocycles. The van der Waals surface area contributed by atoms with Gasteiger partial charge in [0.1, 0.15) is 0 Å². The zero-order valence-electron chi connectivity index (χ0n) is 19.7. The maximum Gasteiger partial charge on any atom is -0.00204 e. The smallest absolute Gasteiger partial charge is 0.00204 e. The zero-order chi connectivity index (χ0) is 22.0. The lowest BCUT2D eigenvalue weighted by Gasteiger charge is -2.39. The van der Waals surface area contributed by atoms with Gasteiger partial charge in [0.05, 0.1) is 0 Å². The standard InChI is InChI=1S/C32H35P/c1-3-15-26(16-4-1)33(27-17-5-2-6-18-27)31-22-12-11-21-30(31)32-28-19-9-7-13-24(28)23-25-14-8-10-20-29(25)32/h7-14,19-23,26-27H,1-6,15-18H2. The lowest BCUT2D eigenvalue weighted by Crippen LogP contribution is -2.27. The van der Waals surface area contributed by atoms with Gasteiger partial charge in [0, 0.05) is 0 Å². The lowest BCUT2D eigenvalue weighted by molar-refractivity contribution is 0.487. The van der Waals surface area contributed by atoms with Crippen molar-refractivity contribution in [2.24, 2.45) is 0 Å². The second-order valence-corrected chi connectivity index (χ2v) is 13.0. The van der Waals surface area contributed by atoms with Crippen LogP contribution in [0.5, 0.6) is 0 Å². The van der Waals surface area contributed by atoms with Gasteiger partial charge in [-0.2, -0.15) is 0 Å². The van der Waals surface area contributed by atoms with Crippen molar-refractivity contribution in [3.05, 3.63) is 78.9 Å². The first-order valence-corrected chi connectivity index (χ1v) is 14.7. The quantitative estimate of drug-likeness (QED) is 0.214. The Bertz CT molecular complexity index is 1170. The zero-order valence-corrected chi connectivity index (χ0v) is 20.6. The molecule has 0 saturated heterocycles. The summed E-state index contributed by atoms with van der Waals surface area (Å²) in [5, 5.41) is 7.24. The second-order valence-electron chi connectivity index (χ2n) is 10.2. The van der Waals surface area contributed by atoms with Crippen molar-refractivity contribution < 1.29 is 0 Å². The van der Waals surface area contributed by atoms with E-state index in [1.165, 1.54) is 96.9 Å². The highest BCUT2D eigenvalue weighted by Gasteiger charge is 2.34. The average Bonchev–Trinajstić information content (AvgIpc) is 2.89. The van der Waals surface area contributed by atoms with E-state index in [1.54, 1.807) is 5.30 Å². The molecule has 0 bridgehead atoms. The van der Waals surface area contributed by atoms with Crippen LogP contribution in [-0.2, 0) is 0 Å². The SMILES string of the molecule is c1ccc(P(C2CCCCC2)C2CCCCC2)c(-c2c3ccccc3cc3ccccc23)c1. The van der Waals surface area contributed by atoms with Crippen LogP contribution in [0.2, 0.25) is 0 Å². The van der Waals surface area contributed by atoms with Crippen molar-refractivity contribution in [3.63, 3.8) is 0 Å². The van der Waals surface area contributed by atoms with E-state index in [4.69, 9.17) is 0 Å². The van der Waals surface area contributed by atoms with Crippen LogP contribution in [0, 0.1) is 0 Å². The normalized spacial score (nSPS) is 18.3. The molecule has 0 atom stereocenters. The first kappa shape index (κ1) is 21.4. The molecule has 0 spiro atoms. The van der Waals surface area contributed by atoms with E-state index >= 15 is 0 Å². The highest BCUT2D eigenvalue weighted by atomic mass is 31.1. The van der Waals surface area contributed by atoms with Crippen molar-refractivity contribution in [1.82, 2.24) is 0 Å². The first-order chi connectivity index (χ1) is 16.4. The van der Waals surface area contributed by atoms with Crippen molar-refractivity contribution >= 4 is 34.8 Å². The van der Waals surface area contributed by atoms with Gasteiger partial charge in [-0.3, -0.25) is 0 Å². The summed E-state index contributed by atoms with van der Waals surface area (Å²) in [5.41, 5.74) is 4.82. The minimum Gasteiger partial charge on any atom is -0.0683 e. The number of hydrogen-bond donors (Lipinski definition) is 0. The van der Waals surface area contributed by atoms with Crippen LogP contribution in [0.1, 0.15) is 64.2 Å². The molecule has 0 radical (unpaired) electrons. The molecule has 0 nitrogen and oxygen atoms in total. The Kier molecular flexibility index (Phi) is 6.21. The fraction of sp³-hybridized carbons (Fsp3) is 0.375. The van der Waals surface area contributed by atoms with Gasteiger partial charge in [0.15, 0.2) is 0 Å². The third-order valence-electron chi connectivity index (χ3n) is 8.16. The third-order valence-corrected chi connectivity index (χ3v) is 11.7. The van der Waals surface area contributed by atoms with E-state index < -0.39 is 0 Å². The molecule has 6 rings (SSSR count). The van der Waals surface area contributed by atoms with Crippen LogP contribution in [0.4, 0.5) is 0 Å². The molecule has 0 amide bonds. The topological polar surface area (TPSA) is 0 Å². The van der Waals surface area contributed by atoms with Crippen LogP contribution in [0.3, 0.4) is 0 Å². The maximum absolute atomic E-state index is 2.53. The molecule has 0 unspecified atom stereocenters. The third kappa shape index (κ3) is 4.13. The summed E-state index contributed by atoms with van der Waals surface area (Å²) in [4.78, 5) is 0. The lowest BCUT2D eigenvalue weighted by atomic mass is 9.92. The summed E-state index contributed by atoms with van der Waals surface area (Å²) in [6, 6.07) is 30.0. The Morgan fingerprint density at radius 1 is 0.515 bits per heavy atom. The van der Waals surface area contributed by atoms with Gasteiger partial charge in [-0.25, -0.2) is 0 Å². The van der Waals surface area contributed by atoms with Crippen molar-refractivity contribution in [1.29, 1.82) is 0 Å². The summed E-state index contributed by atoms with van der Waals surface area (Å²) in [5.74, 6) is 0. The first-order valence-electron chi connectivity index (χ1n) is 13.2. The summed E-state index contributed by atoms with van der Waals surface area (Å²) >= 11 is 0. The van der Waals surface area contributed by atoms with Crippen LogP contribution in [-0.4, -0.2) is 11.3 Å². The number of benzene rings is 4. The van der Waals surface area contributed by atoms with E-state index in [0.29, 0.717) is 0 Å². The van der Waals surface area contributed by atoms with E-state index in [-0.39, 0.29) is 7.92 Å². The van der Waals surface area contributed by atoms with Gasteiger partial charge in [0.2, 0.25) is 0 Å². The predicted molar refractivity (Wildman–Crippen MR) is 147 cm³/mol. The molecule has 4 aromatic carbocycles. The Morgan fingerprint density at radius 3 is 1.58 bits per heavy atom. The summed E-state index contributed by atoms with van der Waals surface area (Å²) < 4.78 is 0. The van der Waals surface area contributed by atoms with Gasteiger partial charge in [-0.1, -0.05) is 119 Å². The van der Waals surface area contributed by atoms with E-state index in [1.807, 2.05) is 0 Å². The molecule has 0 N–H and O–H groups in total. The van der Waals surface area contributed by atoms with Crippen molar-refractivity contribution in [3.8, 4) is 11.1 Å². The summed E-state index contributed by atoms with van der Waals surface area (Å²) in [6.45, 7) is 0. The Morgan fingerprint density at radius 2 is 1.00 bits per heavy atom. The molecule has 2 fully saturated rings. The molecule has 168 valence electrons. The van der Waals surface area contributed by atoms with Gasteiger partial charge in [-0.15, -0.1) is 0 Å². The maximum atomic E-state index is 2.53. The van der Waals surface area contributed by atoms with Crippen LogP contribution in [0.25, 0.3) is 32.7 Å². The van der Waals surface area contributed by atoms with Crippen molar-refractivity contribution in [2.75, 3.05) is 0 Å². The molecular formula is C32H35P. The molecule has 2 saturated carbocycles. The van der Waals surface area contributed by atoms with Gasteiger partial charge in [-0.05, 0) is 81.0 Å². The van der Waals surface area contributed by atoms with Gasteiger partial charge >= 0.3 is 0 Å². The molecule has 2 aliphatic rings. The Hall–Kier alpha value is -2.17. The van der Waals surface area contributed by atoms with Crippen LogP contribution in [0.15, 0.2) is 78.9 Å². The molecular weight excluding hydrogens is 415 g/mol. The number of rotatable bonds is 4. The Labute approximate surface area is 200 Å². The molecule has 0 heterocycles. The largest absolute Gasteiger partial charge is 0.0683 e. The molecule has 1 heteroatoms. The molecule has 0 aliphatic heterocycles. The number of fused-ring (bicyclic) bond motifs is 2. The second kappa shape index (κ2) is 9.60. The fourth-order valence-electron chi connectivity index (χ4n) is 6.62. The number of hydrogen-bond acceptors (Lipinski definition) is 0. The predicted octanol–water partition coefficient (Wildman–Crippen LogP) is 9.43. The monoisotopic (exact) mass is 450 g/mol. The summed E-state index contributed by atoms with van der Waals surface area (Å²) in [6.07, 6.45) is 14.5. The molecule has 2 aliphatic carbocycles. The molecule has 33 heavy (non-hydrogen) atoms. The van der Waals surface area contributed by atoms with Crippen molar-refractivity contribution in [2.45, 2.75) is 75.5 Å². The highest BCUT2D eigenvalue weighted by molar-refractivity contribution is 7.67. The average molecular weight is 451 g/mol. The van der Waals surface area contributed by atoms with Gasteiger partial charge < -0.3 is 0 Å². The van der Waals surface area contributed by atoms with Gasteiger partial charge in [0.25, 0.3) is 0 Å². The van der Waals surface area contributed by atoms with E-state index in [9.17, 15) is 0 Å².